The largest absolute Gasteiger partial charge is 0.322 e. The fourth-order valence-corrected chi connectivity index (χ4v) is 4.83. The van der Waals surface area contributed by atoms with Crippen LogP contribution in [0.5, 0.6) is 0 Å². The molecule has 1 amide bonds. The molecule has 160 valence electrons. The van der Waals surface area contributed by atoms with Crippen LogP contribution in [-0.2, 0) is 12.8 Å². The highest BCUT2D eigenvalue weighted by Gasteiger charge is 2.20. The van der Waals surface area contributed by atoms with Gasteiger partial charge in [0, 0.05) is 33.4 Å². The van der Waals surface area contributed by atoms with Gasteiger partial charge in [-0.1, -0.05) is 47.5 Å². The van der Waals surface area contributed by atoms with Crippen LogP contribution in [0.2, 0.25) is 10.0 Å². The first kappa shape index (κ1) is 21.9. The predicted octanol–water partition coefficient (Wildman–Crippen LogP) is 6.58. The lowest BCUT2D eigenvalue weighted by molar-refractivity contribution is 0.102. The number of aryl methyl sites for hydroxylation is 1. The number of nitrogens with zero attached hydrogens (tertiary/aromatic N) is 1. The molecule has 0 saturated carbocycles. The molecule has 3 nitrogen and oxygen atoms in total. The summed E-state index contributed by atoms with van der Waals surface area (Å²) in [7, 11) is 4.26. The molecule has 1 unspecified atom stereocenters. The van der Waals surface area contributed by atoms with Gasteiger partial charge in [0.2, 0.25) is 0 Å². The Hall–Kier alpha value is -2.33. The lowest BCUT2D eigenvalue weighted by Crippen LogP contribution is -2.26. The quantitative estimate of drug-likeness (QED) is 0.473. The maximum absolute atomic E-state index is 12.8. The Morgan fingerprint density at radius 3 is 2.48 bits per heavy atom. The van der Waals surface area contributed by atoms with Gasteiger partial charge in [0.25, 0.3) is 5.91 Å². The van der Waals surface area contributed by atoms with Crippen molar-refractivity contribution in [1.82, 2.24) is 4.90 Å². The number of nitrogens with one attached hydrogen (secondary N) is 1. The zero-order valence-electron chi connectivity index (χ0n) is 17.8. The van der Waals surface area contributed by atoms with Crippen molar-refractivity contribution in [1.29, 1.82) is 0 Å². The van der Waals surface area contributed by atoms with E-state index in [0.717, 1.165) is 36.2 Å². The van der Waals surface area contributed by atoms with Crippen molar-refractivity contribution in [2.24, 2.45) is 5.92 Å². The third kappa shape index (κ3) is 5.30. The number of rotatable bonds is 5. The van der Waals surface area contributed by atoms with E-state index < -0.39 is 0 Å². The van der Waals surface area contributed by atoms with Gasteiger partial charge in [0.05, 0.1) is 0 Å². The van der Waals surface area contributed by atoms with Crippen LogP contribution in [0.4, 0.5) is 5.69 Å². The smallest absolute Gasteiger partial charge is 0.255 e. The van der Waals surface area contributed by atoms with Crippen LogP contribution in [0.1, 0.15) is 27.9 Å². The monoisotopic (exact) mass is 452 g/mol. The van der Waals surface area contributed by atoms with Gasteiger partial charge in [-0.3, -0.25) is 4.79 Å². The molecular formula is C26H26Cl2N2O. The first-order valence-electron chi connectivity index (χ1n) is 10.5. The molecule has 0 aromatic heterocycles. The number of hydrogen-bond donors (Lipinski definition) is 1. The molecule has 3 aromatic carbocycles. The minimum atomic E-state index is -0.116. The molecule has 5 heteroatoms. The molecular weight excluding hydrogens is 427 g/mol. The maximum Gasteiger partial charge on any atom is 0.255 e. The number of halogens is 2. The normalized spacial score (nSPS) is 15.6. The second kappa shape index (κ2) is 9.44. The second-order valence-corrected chi connectivity index (χ2v) is 9.35. The first-order valence-corrected chi connectivity index (χ1v) is 11.3. The Morgan fingerprint density at radius 2 is 1.77 bits per heavy atom. The summed E-state index contributed by atoms with van der Waals surface area (Å²) in [4.78, 5) is 15.0. The number of carbonyl (C=O) groups excluding carboxylic acids is 1. The minimum absolute atomic E-state index is 0.116. The van der Waals surface area contributed by atoms with Crippen molar-refractivity contribution in [3.63, 3.8) is 0 Å². The highest BCUT2D eigenvalue weighted by molar-refractivity contribution is 6.36. The SMILES string of the molecule is CN(C)CC1CCc2cc(NC(=O)c3ccc(-c4ccc(Cl)cc4Cl)cc3)ccc2C1. The summed E-state index contributed by atoms with van der Waals surface area (Å²) in [5.41, 5.74) is 6.04. The van der Waals surface area contributed by atoms with E-state index in [1.807, 2.05) is 42.5 Å². The van der Waals surface area contributed by atoms with E-state index in [9.17, 15) is 4.79 Å². The van der Waals surface area contributed by atoms with Crippen molar-refractivity contribution in [3.8, 4) is 11.1 Å². The van der Waals surface area contributed by atoms with Crippen molar-refractivity contribution >= 4 is 34.8 Å². The zero-order valence-corrected chi connectivity index (χ0v) is 19.3. The van der Waals surface area contributed by atoms with Crippen LogP contribution >= 0.6 is 23.2 Å². The summed E-state index contributed by atoms with van der Waals surface area (Å²) < 4.78 is 0. The summed E-state index contributed by atoms with van der Waals surface area (Å²) in [5.74, 6) is 0.589. The van der Waals surface area contributed by atoms with Crippen molar-refractivity contribution in [3.05, 3.63) is 87.4 Å². The van der Waals surface area contributed by atoms with Gasteiger partial charge in [0.15, 0.2) is 0 Å². The van der Waals surface area contributed by atoms with Gasteiger partial charge in [-0.05, 0) is 92.4 Å². The highest BCUT2D eigenvalue weighted by atomic mass is 35.5. The van der Waals surface area contributed by atoms with Gasteiger partial charge in [-0.25, -0.2) is 0 Å². The number of amides is 1. The molecule has 0 bridgehead atoms. The molecule has 3 aromatic rings. The topological polar surface area (TPSA) is 32.3 Å². The average molecular weight is 453 g/mol. The van der Waals surface area contributed by atoms with E-state index in [4.69, 9.17) is 23.2 Å². The van der Waals surface area contributed by atoms with E-state index in [-0.39, 0.29) is 5.91 Å². The highest BCUT2D eigenvalue weighted by Crippen LogP contribution is 2.31. The van der Waals surface area contributed by atoms with Gasteiger partial charge in [-0.2, -0.15) is 0 Å². The molecule has 0 radical (unpaired) electrons. The Bertz CT molecular complexity index is 1090. The van der Waals surface area contributed by atoms with Gasteiger partial charge >= 0.3 is 0 Å². The average Bonchev–Trinajstić information content (AvgIpc) is 2.73. The number of fused-ring (bicyclic) bond motifs is 1. The molecule has 1 aliphatic rings. The van der Waals surface area contributed by atoms with Crippen LogP contribution in [0, 0.1) is 5.92 Å². The molecule has 1 atom stereocenters. The van der Waals surface area contributed by atoms with E-state index >= 15 is 0 Å². The van der Waals surface area contributed by atoms with Gasteiger partial charge in [0.1, 0.15) is 0 Å². The fourth-order valence-electron chi connectivity index (χ4n) is 4.31. The van der Waals surface area contributed by atoms with Crippen LogP contribution in [0.15, 0.2) is 60.7 Å². The zero-order chi connectivity index (χ0) is 22.0. The summed E-state index contributed by atoms with van der Waals surface area (Å²) in [5, 5.41) is 4.23. The van der Waals surface area contributed by atoms with Gasteiger partial charge in [-0.15, -0.1) is 0 Å². The number of anilines is 1. The standard InChI is InChI=1S/C26H26Cl2N2O/c1-30(2)16-17-3-4-21-14-23(11-9-20(21)13-17)29-26(31)19-7-5-18(6-8-19)24-12-10-22(27)15-25(24)28/h5-12,14-15,17H,3-4,13,16H2,1-2H3,(H,29,31). The molecule has 0 heterocycles. The summed E-state index contributed by atoms with van der Waals surface area (Å²) in [6, 6.07) is 19.2. The molecule has 0 aliphatic heterocycles. The Balaban J connectivity index is 1.44. The Labute approximate surface area is 194 Å². The third-order valence-corrected chi connectivity index (χ3v) is 6.36. The van der Waals surface area contributed by atoms with Crippen molar-refractivity contribution in [2.75, 3.05) is 26.0 Å². The van der Waals surface area contributed by atoms with Gasteiger partial charge < -0.3 is 10.2 Å². The lowest BCUT2D eigenvalue weighted by Gasteiger charge is -2.27. The molecule has 31 heavy (non-hydrogen) atoms. The molecule has 1 aliphatic carbocycles. The van der Waals surface area contributed by atoms with E-state index in [0.29, 0.717) is 21.5 Å². The fraction of sp³-hybridized carbons (Fsp3) is 0.269. The van der Waals surface area contributed by atoms with E-state index in [1.54, 1.807) is 6.07 Å². The number of carbonyl (C=O) groups is 1. The van der Waals surface area contributed by atoms with Crippen LogP contribution < -0.4 is 5.32 Å². The minimum Gasteiger partial charge on any atom is -0.322 e. The second-order valence-electron chi connectivity index (χ2n) is 8.51. The molecule has 1 N–H and O–H groups in total. The van der Waals surface area contributed by atoms with E-state index in [2.05, 4.69) is 36.4 Å². The number of benzene rings is 3. The van der Waals surface area contributed by atoms with Crippen LogP contribution in [-0.4, -0.2) is 31.4 Å². The van der Waals surface area contributed by atoms with Crippen LogP contribution in [0.3, 0.4) is 0 Å². The summed E-state index contributed by atoms with van der Waals surface area (Å²) >= 11 is 12.3. The van der Waals surface area contributed by atoms with Crippen LogP contribution in [0.25, 0.3) is 11.1 Å². The molecule has 0 saturated heterocycles. The molecule has 0 spiro atoms. The number of hydrogen-bond acceptors (Lipinski definition) is 2. The Kier molecular flexibility index (Phi) is 6.66. The first-order chi connectivity index (χ1) is 14.9. The molecule has 4 rings (SSSR count). The van der Waals surface area contributed by atoms with E-state index in [1.165, 1.54) is 17.5 Å². The van der Waals surface area contributed by atoms with Crippen molar-refractivity contribution in [2.45, 2.75) is 19.3 Å². The summed E-state index contributed by atoms with van der Waals surface area (Å²) in [6.07, 6.45) is 3.36. The summed E-state index contributed by atoms with van der Waals surface area (Å²) in [6.45, 7) is 1.12. The predicted molar refractivity (Wildman–Crippen MR) is 130 cm³/mol. The van der Waals surface area contributed by atoms with Crippen molar-refractivity contribution < 1.29 is 4.79 Å². The third-order valence-electron chi connectivity index (χ3n) is 5.81. The maximum atomic E-state index is 12.8. The Morgan fingerprint density at radius 1 is 1.00 bits per heavy atom. The molecule has 0 fully saturated rings. The lowest BCUT2D eigenvalue weighted by atomic mass is 9.83.